The van der Waals surface area contributed by atoms with E-state index in [1.54, 1.807) is 7.11 Å². The third kappa shape index (κ3) is 6.12. The number of carbonyl (C=O) groups is 1. The molecule has 5 nitrogen and oxygen atoms in total. The van der Waals surface area contributed by atoms with Gasteiger partial charge in [0.15, 0.2) is 0 Å². The summed E-state index contributed by atoms with van der Waals surface area (Å²) in [5.41, 5.74) is 2.10. The number of hydrogen-bond donors (Lipinski definition) is 1. The predicted molar refractivity (Wildman–Crippen MR) is 100.0 cm³/mol. The largest absolute Gasteiger partial charge is 0.497 e. The Hall–Kier alpha value is -2.53. The van der Waals surface area contributed by atoms with Gasteiger partial charge in [0.25, 0.3) is 0 Å². The first kappa shape index (κ1) is 18.8. The van der Waals surface area contributed by atoms with E-state index in [9.17, 15) is 4.79 Å². The lowest BCUT2D eigenvalue weighted by Crippen LogP contribution is -2.41. The lowest BCUT2D eigenvalue weighted by Gasteiger charge is -2.27. The Morgan fingerprint density at radius 1 is 1.16 bits per heavy atom. The first-order valence-electron chi connectivity index (χ1n) is 8.35. The number of rotatable bonds is 9. The lowest BCUT2D eigenvalue weighted by atomic mass is 10.2. The normalized spacial score (nSPS) is 11.6. The van der Waals surface area contributed by atoms with Gasteiger partial charge in [0.05, 0.1) is 13.7 Å². The third-order valence-corrected chi connectivity index (χ3v) is 4.06. The van der Waals surface area contributed by atoms with Gasteiger partial charge < -0.3 is 19.7 Å². The van der Waals surface area contributed by atoms with Crippen molar-refractivity contribution in [3.63, 3.8) is 0 Å². The summed E-state index contributed by atoms with van der Waals surface area (Å²) in [4.78, 5) is 14.1. The van der Waals surface area contributed by atoms with Crippen LogP contribution in [0.2, 0.25) is 0 Å². The van der Waals surface area contributed by atoms with Crippen LogP contribution in [0.25, 0.3) is 0 Å². The lowest BCUT2D eigenvalue weighted by molar-refractivity contribution is -0.126. The number of para-hydroxylation sites is 1. The molecular formula is C20H26N2O3. The Kier molecular flexibility index (Phi) is 7.29. The van der Waals surface area contributed by atoms with Crippen molar-refractivity contribution in [1.29, 1.82) is 0 Å². The second kappa shape index (κ2) is 9.69. The molecular weight excluding hydrogens is 316 g/mol. The molecule has 0 bridgehead atoms. The van der Waals surface area contributed by atoms with E-state index in [4.69, 9.17) is 9.47 Å². The standard InChI is InChI=1S/C20H26N2O3/c1-16(22(2)18-9-5-4-6-10-18)13-21-20(23)15-25-14-17-8-7-11-19(12-17)24-3/h4-12,16H,13-15H2,1-3H3,(H,21,23)/t16-/m0/s1. The molecule has 5 heteroatoms. The van der Waals surface area contributed by atoms with Gasteiger partial charge in [-0.25, -0.2) is 0 Å². The van der Waals surface area contributed by atoms with Gasteiger partial charge >= 0.3 is 0 Å². The summed E-state index contributed by atoms with van der Waals surface area (Å²) < 4.78 is 10.6. The summed E-state index contributed by atoms with van der Waals surface area (Å²) >= 11 is 0. The molecule has 0 spiro atoms. The number of likely N-dealkylation sites (N-methyl/N-ethyl adjacent to an activating group) is 1. The Balaban J connectivity index is 1.69. The molecule has 0 aromatic heterocycles. The van der Waals surface area contributed by atoms with E-state index in [0.717, 1.165) is 17.0 Å². The molecule has 1 N–H and O–H groups in total. The average molecular weight is 342 g/mol. The molecule has 0 aliphatic heterocycles. The van der Waals surface area contributed by atoms with Crippen LogP contribution in [-0.2, 0) is 16.1 Å². The quantitative estimate of drug-likeness (QED) is 0.761. The van der Waals surface area contributed by atoms with Crippen molar-refractivity contribution < 1.29 is 14.3 Å². The highest BCUT2D eigenvalue weighted by Gasteiger charge is 2.11. The zero-order valence-corrected chi connectivity index (χ0v) is 15.1. The molecule has 0 fully saturated rings. The zero-order valence-electron chi connectivity index (χ0n) is 15.1. The summed E-state index contributed by atoms with van der Waals surface area (Å²) in [5, 5.41) is 2.91. The summed E-state index contributed by atoms with van der Waals surface area (Å²) in [6.07, 6.45) is 0. The van der Waals surface area contributed by atoms with Crippen molar-refractivity contribution >= 4 is 11.6 Å². The number of carbonyl (C=O) groups excluding carboxylic acids is 1. The number of methoxy groups -OCH3 is 1. The van der Waals surface area contributed by atoms with Crippen LogP contribution < -0.4 is 15.0 Å². The van der Waals surface area contributed by atoms with Crippen LogP contribution in [0, 0.1) is 0 Å². The van der Waals surface area contributed by atoms with Gasteiger partial charge in [-0.05, 0) is 36.8 Å². The van der Waals surface area contributed by atoms with Crippen LogP contribution in [0.4, 0.5) is 5.69 Å². The molecule has 1 atom stereocenters. The topological polar surface area (TPSA) is 50.8 Å². The number of anilines is 1. The number of hydrogen-bond acceptors (Lipinski definition) is 4. The van der Waals surface area contributed by atoms with Crippen LogP contribution in [0.15, 0.2) is 54.6 Å². The highest BCUT2D eigenvalue weighted by molar-refractivity contribution is 5.77. The number of amides is 1. The van der Waals surface area contributed by atoms with E-state index >= 15 is 0 Å². The molecule has 0 saturated carbocycles. The number of benzene rings is 2. The van der Waals surface area contributed by atoms with Gasteiger partial charge in [0.2, 0.25) is 5.91 Å². The maximum atomic E-state index is 11.9. The fourth-order valence-corrected chi connectivity index (χ4v) is 2.39. The monoisotopic (exact) mass is 342 g/mol. The maximum Gasteiger partial charge on any atom is 0.246 e. The van der Waals surface area contributed by atoms with E-state index in [2.05, 4.69) is 29.3 Å². The van der Waals surface area contributed by atoms with Crippen molar-refractivity contribution in [2.45, 2.75) is 19.6 Å². The summed E-state index contributed by atoms with van der Waals surface area (Å²) in [6.45, 7) is 3.06. The number of nitrogens with one attached hydrogen (secondary N) is 1. The van der Waals surface area contributed by atoms with Crippen LogP contribution >= 0.6 is 0 Å². The summed E-state index contributed by atoms with van der Waals surface area (Å²) in [7, 11) is 3.65. The van der Waals surface area contributed by atoms with Crippen LogP contribution in [0.3, 0.4) is 0 Å². The molecule has 25 heavy (non-hydrogen) atoms. The minimum atomic E-state index is -0.115. The molecule has 0 heterocycles. The van der Waals surface area contributed by atoms with E-state index in [0.29, 0.717) is 13.2 Å². The Morgan fingerprint density at radius 2 is 1.92 bits per heavy atom. The molecule has 2 aromatic rings. The molecule has 2 aromatic carbocycles. The van der Waals surface area contributed by atoms with Crippen molar-refractivity contribution in [1.82, 2.24) is 5.32 Å². The maximum absolute atomic E-state index is 11.9. The second-order valence-corrected chi connectivity index (χ2v) is 5.94. The first-order valence-corrected chi connectivity index (χ1v) is 8.35. The van der Waals surface area contributed by atoms with Crippen molar-refractivity contribution in [3.8, 4) is 5.75 Å². The van der Waals surface area contributed by atoms with Crippen molar-refractivity contribution in [3.05, 3.63) is 60.2 Å². The van der Waals surface area contributed by atoms with E-state index in [1.165, 1.54) is 0 Å². The molecule has 0 aliphatic carbocycles. The SMILES string of the molecule is COc1cccc(COCC(=O)NC[C@H](C)N(C)c2ccccc2)c1. The minimum absolute atomic E-state index is 0.0407. The Labute approximate surface area is 149 Å². The van der Waals surface area contributed by atoms with Crippen molar-refractivity contribution in [2.24, 2.45) is 0 Å². The number of nitrogens with zero attached hydrogens (tertiary/aromatic N) is 1. The van der Waals surface area contributed by atoms with E-state index in [-0.39, 0.29) is 18.6 Å². The highest BCUT2D eigenvalue weighted by Crippen LogP contribution is 2.14. The van der Waals surface area contributed by atoms with Crippen LogP contribution in [-0.4, -0.2) is 39.3 Å². The fraction of sp³-hybridized carbons (Fsp3) is 0.350. The minimum Gasteiger partial charge on any atom is -0.497 e. The van der Waals surface area contributed by atoms with Gasteiger partial charge in [0.1, 0.15) is 12.4 Å². The second-order valence-electron chi connectivity index (χ2n) is 5.94. The molecule has 0 unspecified atom stereocenters. The van der Waals surface area contributed by atoms with Crippen LogP contribution in [0.1, 0.15) is 12.5 Å². The summed E-state index contributed by atoms with van der Waals surface area (Å²) in [6, 6.07) is 17.9. The smallest absolute Gasteiger partial charge is 0.246 e. The fourth-order valence-electron chi connectivity index (χ4n) is 2.39. The average Bonchev–Trinajstić information content (AvgIpc) is 2.66. The van der Waals surface area contributed by atoms with Crippen molar-refractivity contribution in [2.75, 3.05) is 32.2 Å². The zero-order chi connectivity index (χ0) is 18.1. The third-order valence-electron chi connectivity index (χ3n) is 4.06. The predicted octanol–water partition coefficient (Wildman–Crippen LogP) is 2.85. The Morgan fingerprint density at radius 3 is 2.64 bits per heavy atom. The molecule has 134 valence electrons. The highest BCUT2D eigenvalue weighted by atomic mass is 16.5. The van der Waals surface area contributed by atoms with E-state index < -0.39 is 0 Å². The van der Waals surface area contributed by atoms with Crippen LogP contribution in [0.5, 0.6) is 5.75 Å². The molecule has 0 radical (unpaired) electrons. The molecule has 1 amide bonds. The first-order chi connectivity index (χ1) is 12.1. The molecule has 0 saturated heterocycles. The van der Waals surface area contributed by atoms with Gasteiger partial charge in [-0.3, -0.25) is 4.79 Å². The summed E-state index contributed by atoms with van der Waals surface area (Å²) in [5.74, 6) is 0.666. The molecule has 2 rings (SSSR count). The van der Waals surface area contributed by atoms with Gasteiger partial charge in [-0.15, -0.1) is 0 Å². The number of ether oxygens (including phenoxy) is 2. The van der Waals surface area contributed by atoms with Gasteiger partial charge in [-0.2, -0.15) is 0 Å². The van der Waals surface area contributed by atoms with Gasteiger partial charge in [0, 0.05) is 25.3 Å². The molecule has 0 aliphatic rings. The van der Waals surface area contributed by atoms with Gasteiger partial charge in [-0.1, -0.05) is 30.3 Å². The Bertz CT molecular complexity index is 661. The van der Waals surface area contributed by atoms with E-state index in [1.807, 2.05) is 49.5 Å².